The first kappa shape index (κ1) is 17.0. The molecule has 6 nitrogen and oxygen atoms in total. The van der Waals surface area contributed by atoms with Gasteiger partial charge in [-0.2, -0.15) is 0 Å². The molecule has 2 rings (SSSR count). The Hall–Kier alpha value is -2.37. The number of methoxy groups -OCH3 is 1. The van der Waals surface area contributed by atoms with E-state index in [1.807, 2.05) is 12.1 Å². The molecule has 0 spiro atoms. The molecule has 6 heteroatoms. The second kappa shape index (κ2) is 8.31. The molecular weight excluding hydrogens is 294 g/mol. The SMILES string of the molecule is CCCCCCCn1nnc(C(=O)O)c1-c1ccc(OC)cc1. The summed E-state index contributed by atoms with van der Waals surface area (Å²) in [5, 5.41) is 17.2. The number of carboxylic acid groups (broad SMARTS) is 1. The lowest BCUT2D eigenvalue weighted by molar-refractivity contribution is 0.0691. The third-order valence-electron chi connectivity index (χ3n) is 3.77. The van der Waals surface area contributed by atoms with Crippen LogP contribution in [0, 0.1) is 0 Å². The van der Waals surface area contributed by atoms with Crippen molar-refractivity contribution in [1.82, 2.24) is 15.0 Å². The summed E-state index contributed by atoms with van der Waals surface area (Å²) in [7, 11) is 1.60. The lowest BCUT2D eigenvalue weighted by Gasteiger charge is -2.08. The summed E-state index contributed by atoms with van der Waals surface area (Å²) in [6.45, 7) is 2.85. The van der Waals surface area contributed by atoms with Crippen LogP contribution >= 0.6 is 0 Å². The molecule has 0 unspecified atom stereocenters. The van der Waals surface area contributed by atoms with Gasteiger partial charge in [-0.15, -0.1) is 5.10 Å². The van der Waals surface area contributed by atoms with Gasteiger partial charge >= 0.3 is 5.97 Å². The highest BCUT2D eigenvalue weighted by Gasteiger charge is 2.20. The normalized spacial score (nSPS) is 10.7. The minimum atomic E-state index is -1.06. The number of ether oxygens (including phenoxy) is 1. The number of nitrogens with zero attached hydrogens (tertiary/aromatic N) is 3. The fourth-order valence-corrected chi connectivity index (χ4v) is 2.51. The Morgan fingerprint density at radius 3 is 2.48 bits per heavy atom. The van der Waals surface area contributed by atoms with Gasteiger partial charge in [-0.05, 0) is 30.7 Å². The van der Waals surface area contributed by atoms with Gasteiger partial charge in [-0.1, -0.05) is 37.8 Å². The molecule has 0 fully saturated rings. The number of hydrogen-bond acceptors (Lipinski definition) is 4. The Balaban J connectivity index is 2.20. The standard InChI is InChI=1S/C17H23N3O3/c1-3-4-5-6-7-12-20-16(15(17(21)22)18-19-20)13-8-10-14(23-2)11-9-13/h8-11H,3-7,12H2,1-2H3,(H,21,22). The Morgan fingerprint density at radius 2 is 1.87 bits per heavy atom. The van der Waals surface area contributed by atoms with Gasteiger partial charge < -0.3 is 9.84 Å². The quantitative estimate of drug-likeness (QED) is 0.715. The van der Waals surface area contributed by atoms with Crippen LogP contribution in [0.15, 0.2) is 24.3 Å². The molecule has 1 heterocycles. The van der Waals surface area contributed by atoms with Crippen LogP contribution < -0.4 is 4.74 Å². The molecule has 0 aliphatic rings. The minimum absolute atomic E-state index is 0.0104. The number of unbranched alkanes of at least 4 members (excludes halogenated alkanes) is 4. The van der Waals surface area contributed by atoms with Crippen molar-refractivity contribution in [2.24, 2.45) is 0 Å². The van der Waals surface area contributed by atoms with E-state index in [1.165, 1.54) is 19.3 Å². The van der Waals surface area contributed by atoms with Crippen LogP contribution in [0.25, 0.3) is 11.3 Å². The summed E-state index contributed by atoms with van der Waals surface area (Å²) in [6.07, 6.45) is 5.69. The number of rotatable bonds is 9. The second-order valence-corrected chi connectivity index (χ2v) is 5.46. The predicted octanol–water partition coefficient (Wildman–Crippen LogP) is 3.62. The molecule has 1 aromatic heterocycles. The van der Waals surface area contributed by atoms with Crippen molar-refractivity contribution in [2.75, 3.05) is 7.11 Å². The third-order valence-corrected chi connectivity index (χ3v) is 3.77. The van der Waals surface area contributed by atoms with Crippen molar-refractivity contribution in [1.29, 1.82) is 0 Å². The van der Waals surface area contributed by atoms with Gasteiger partial charge in [-0.3, -0.25) is 0 Å². The summed E-state index contributed by atoms with van der Waals surface area (Å²) in [5.74, 6) is -0.336. The van der Waals surface area contributed by atoms with E-state index in [0.717, 1.165) is 24.2 Å². The van der Waals surface area contributed by atoms with Crippen LogP contribution in [0.5, 0.6) is 5.75 Å². The summed E-state index contributed by atoms with van der Waals surface area (Å²) < 4.78 is 6.83. The molecule has 0 saturated heterocycles. The van der Waals surface area contributed by atoms with Gasteiger partial charge in [0.1, 0.15) is 11.4 Å². The predicted molar refractivity (Wildman–Crippen MR) is 87.7 cm³/mol. The highest BCUT2D eigenvalue weighted by molar-refractivity contribution is 5.92. The molecule has 0 atom stereocenters. The van der Waals surface area contributed by atoms with Crippen LogP contribution in [0.3, 0.4) is 0 Å². The summed E-state index contributed by atoms with van der Waals surface area (Å²) >= 11 is 0. The van der Waals surface area contributed by atoms with Crippen molar-refractivity contribution >= 4 is 5.97 Å². The Labute approximate surface area is 136 Å². The lowest BCUT2D eigenvalue weighted by atomic mass is 10.1. The van der Waals surface area contributed by atoms with Crippen LogP contribution in [0.2, 0.25) is 0 Å². The second-order valence-electron chi connectivity index (χ2n) is 5.46. The van der Waals surface area contributed by atoms with Gasteiger partial charge in [0.25, 0.3) is 0 Å². The number of aryl methyl sites for hydroxylation is 1. The summed E-state index contributed by atoms with van der Waals surface area (Å²) in [4.78, 5) is 11.4. The average Bonchev–Trinajstić information content (AvgIpc) is 2.99. The number of aromatic carboxylic acids is 1. The van der Waals surface area contributed by atoms with Crippen molar-refractivity contribution in [3.8, 4) is 17.0 Å². The zero-order valence-electron chi connectivity index (χ0n) is 13.7. The van der Waals surface area contributed by atoms with Crippen LogP contribution in [0.1, 0.15) is 49.5 Å². The van der Waals surface area contributed by atoms with E-state index in [2.05, 4.69) is 17.2 Å². The molecule has 0 aliphatic carbocycles. The molecule has 124 valence electrons. The first-order valence-electron chi connectivity index (χ1n) is 7.98. The summed E-state index contributed by atoms with van der Waals surface area (Å²) in [6, 6.07) is 7.27. The topological polar surface area (TPSA) is 77.2 Å². The fraction of sp³-hybridized carbons (Fsp3) is 0.471. The Morgan fingerprint density at radius 1 is 1.17 bits per heavy atom. The van der Waals surface area contributed by atoms with Gasteiger partial charge in [0.05, 0.1) is 7.11 Å². The Kier molecular flexibility index (Phi) is 6.14. The molecule has 1 N–H and O–H groups in total. The van der Waals surface area contributed by atoms with E-state index >= 15 is 0 Å². The number of hydrogen-bond donors (Lipinski definition) is 1. The fourth-order valence-electron chi connectivity index (χ4n) is 2.51. The maximum absolute atomic E-state index is 11.4. The largest absolute Gasteiger partial charge is 0.497 e. The number of carbonyl (C=O) groups is 1. The number of benzene rings is 1. The molecular formula is C17H23N3O3. The van der Waals surface area contributed by atoms with Gasteiger partial charge in [0.2, 0.25) is 0 Å². The first-order valence-corrected chi connectivity index (χ1v) is 7.98. The molecule has 2 aromatic rings. The molecule has 0 radical (unpaired) electrons. The maximum atomic E-state index is 11.4. The minimum Gasteiger partial charge on any atom is -0.497 e. The van der Waals surface area contributed by atoms with E-state index in [4.69, 9.17) is 4.74 Å². The van der Waals surface area contributed by atoms with E-state index in [9.17, 15) is 9.90 Å². The first-order chi connectivity index (χ1) is 11.2. The van der Waals surface area contributed by atoms with Crippen molar-refractivity contribution < 1.29 is 14.6 Å². The number of aromatic nitrogens is 3. The zero-order valence-corrected chi connectivity index (χ0v) is 13.7. The molecule has 0 aliphatic heterocycles. The molecule has 0 saturated carbocycles. The van der Waals surface area contributed by atoms with E-state index in [0.29, 0.717) is 12.2 Å². The van der Waals surface area contributed by atoms with Gasteiger partial charge in [-0.25, -0.2) is 9.48 Å². The monoisotopic (exact) mass is 317 g/mol. The van der Waals surface area contributed by atoms with Crippen molar-refractivity contribution in [3.63, 3.8) is 0 Å². The molecule has 0 amide bonds. The molecule has 0 bridgehead atoms. The highest BCUT2D eigenvalue weighted by atomic mass is 16.5. The van der Waals surface area contributed by atoms with Crippen LogP contribution in [-0.2, 0) is 6.54 Å². The Bertz CT molecular complexity index is 635. The summed E-state index contributed by atoms with van der Waals surface area (Å²) in [5.41, 5.74) is 1.32. The van der Waals surface area contributed by atoms with Gasteiger partial charge in [0, 0.05) is 12.1 Å². The van der Waals surface area contributed by atoms with Gasteiger partial charge in [0.15, 0.2) is 5.69 Å². The van der Waals surface area contributed by atoms with Crippen molar-refractivity contribution in [3.05, 3.63) is 30.0 Å². The molecule has 23 heavy (non-hydrogen) atoms. The third kappa shape index (κ3) is 4.31. The molecule has 1 aromatic carbocycles. The van der Waals surface area contributed by atoms with E-state index < -0.39 is 5.97 Å². The van der Waals surface area contributed by atoms with E-state index in [1.54, 1.807) is 23.9 Å². The zero-order chi connectivity index (χ0) is 16.7. The smallest absolute Gasteiger partial charge is 0.358 e. The van der Waals surface area contributed by atoms with Crippen LogP contribution in [0.4, 0.5) is 0 Å². The van der Waals surface area contributed by atoms with E-state index in [-0.39, 0.29) is 5.69 Å². The van der Waals surface area contributed by atoms with Crippen molar-refractivity contribution in [2.45, 2.75) is 45.6 Å². The highest BCUT2D eigenvalue weighted by Crippen LogP contribution is 2.25. The lowest BCUT2D eigenvalue weighted by Crippen LogP contribution is -2.05. The van der Waals surface area contributed by atoms with Crippen LogP contribution in [-0.4, -0.2) is 33.2 Å². The average molecular weight is 317 g/mol. The maximum Gasteiger partial charge on any atom is 0.358 e. The number of carboxylic acids is 1.